The minimum atomic E-state index is -1.13. The van der Waals surface area contributed by atoms with E-state index < -0.39 is 11.5 Å². The molecular weight excluding hydrogens is 252 g/mol. The summed E-state index contributed by atoms with van der Waals surface area (Å²) in [5.41, 5.74) is -0.192. The van der Waals surface area contributed by atoms with Crippen LogP contribution in [0.3, 0.4) is 0 Å². The van der Waals surface area contributed by atoms with Crippen molar-refractivity contribution in [3.8, 4) is 0 Å². The zero-order valence-electron chi connectivity index (χ0n) is 10.9. The minimum absolute atomic E-state index is 0.378. The highest BCUT2D eigenvalue weighted by atomic mass is 35.5. The first-order valence-corrected chi connectivity index (χ1v) is 6.33. The predicted molar refractivity (Wildman–Crippen MR) is 71.6 cm³/mol. The van der Waals surface area contributed by atoms with E-state index in [0.717, 1.165) is 5.56 Å². The number of halogens is 1. The van der Waals surface area contributed by atoms with Crippen molar-refractivity contribution in [2.24, 2.45) is 5.92 Å². The lowest BCUT2D eigenvalue weighted by molar-refractivity contribution is -0.154. The quantitative estimate of drug-likeness (QED) is 0.837. The summed E-state index contributed by atoms with van der Waals surface area (Å²) >= 11 is 5.81. The molecule has 2 atom stereocenters. The van der Waals surface area contributed by atoms with Crippen molar-refractivity contribution in [3.05, 3.63) is 34.9 Å². The number of ether oxygens (including phenoxy) is 1. The molecule has 100 valence electrons. The molecule has 0 aromatic heterocycles. The van der Waals surface area contributed by atoms with Crippen molar-refractivity contribution in [3.63, 3.8) is 0 Å². The average Bonchev–Trinajstić information content (AvgIpc) is 2.32. The van der Waals surface area contributed by atoms with Crippen LogP contribution in [0.25, 0.3) is 0 Å². The number of esters is 1. The highest BCUT2D eigenvalue weighted by molar-refractivity contribution is 6.30. The maximum absolute atomic E-state index is 11.6. The number of carbonyl (C=O) groups excluding carboxylic acids is 1. The Hall–Kier alpha value is -1.06. The Morgan fingerprint density at radius 3 is 2.44 bits per heavy atom. The van der Waals surface area contributed by atoms with E-state index in [0.29, 0.717) is 17.9 Å². The Bertz CT molecular complexity index is 398. The molecule has 18 heavy (non-hydrogen) atoms. The van der Waals surface area contributed by atoms with Crippen molar-refractivity contribution in [2.75, 3.05) is 7.11 Å². The van der Waals surface area contributed by atoms with E-state index in [-0.39, 0.29) is 5.97 Å². The lowest BCUT2D eigenvalue weighted by Gasteiger charge is -2.30. The van der Waals surface area contributed by atoms with Gasteiger partial charge in [-0.2, -0.15) is 0 Å². The van der Waals surface area contributed by atoms with Gasteiger partial charge in [-0.15, -0.1) is 0 Å². The summed E-state index contributed by atoms with van der Waals surface area (Å²) in [5.74, 6) is -0.908. The molecule has 3 nitrogen and oxygen atoms in total. The van der Waals surface area contributed by atoms with Gasteiger partial charge < -0.3 is 9.84 Å². The van der Waals surface area contributed by atoms with E-state index in [9.17, 15) is 9.90 Å². The molecule has 1 N–H and O–H groups in total. The Kier molecular flexibility index (Phi) is 5.17. The summed E-state index contributed by atoms with van der Waals surface area (Å²) < 4.78 is 4.73. The first-order chi connectivity index (χ1) is 8.40. The molecule has 0 amide bonds. The molecule has 2 unspecified atom stereocenters. The Morgan fingerprint density at radius 2 is 2.00 bits per heavy atom. The molecule has 1 aromatic rings. The van der Waals surface area contributed by atoms with Crippen LogP contribution < -0.4 is 0 Å². The minimum Gasteiger partial charge on any atom is -0.469 e. The van der Waals surface area contributed by atoms with Gasteiger partial charge in [-0.3, -0.25) is 4.79 Å². The first-order valence-electron chi connectivity index (χ1n) is 5.95. The fraction of sp³-hybridized carbons (Fsp3) is 0.500. The van der Waals surface area contributed by atoms with Crippen molar-refractivity contribution in [1.29, 1.82) is 0 Å². The summed E-state index contributed by atoms with van der Waals surface area (Å²) in [6.45, 7) is 3.52. The van der Waals surface area contributed by atoms with Crippen LogP contribution in [0.2, 0.25) is 5.02 Å². The topological polar surface area (TPSA) is 46.5 Å². The van der Waals surface area contributed by atoms with Gasteiger partial charge in [0, 0.05) is 11.4 Å². The summed E-state index contributed by atoms with van der Waals surface area (Å²) in [6, 6.07) is 7.24. The number of aliphatic hydroxyl groups is 1. The predicted octanol–water partition coefficient (Wildman–Crippen LogP) is 2.83. The van der Waals surface area contributed by atoms with Crippen LogP contribution in [-0.4, -0.2) is 23.8 Å². The fourth-order valence-electron chi connectivity index (χ4n) is 2.14. The molecule has 0 fully saturated rings. The maximum atomic E-state index is 11.6. The zero-order valence-corrected chi connectivity index (χ0v) is 11.7. The third-order valence-corrected chi connectivity index (χ3v) is 3.37. The third kappa shape index (κ3) is 3.72. The van der Waals surface area contributed by atoms with Gasteiger partial charge in [-0.1, -0.05) is 30.7 Å². The molecule has 0 saturated heterocycles. The van der Waals surface area contributed by atoms with Crippen molar-refractivity contribution < 1.29 is 14.6 Å². The summed E-state index contributed by atoms with van der Waals surface area (Å²) in [4.78, 5) is 11.6. The lowest BCUT2D eigenvalue weighted by atomic mass is 9.82. The van der Waals surface area contributed by atoms with E-state index in [2.05, 4.69) is 0 Å². The number of carbonyl (C=O) groups is 1. The molecule has 0 aliphatic heterocycles. The summed E-state index contributed by atoms with van der Waals surface area (Å²) in [7, 11) is 1.34. The lowest BCUT2D eigenvalue weighted by Crippen LogP contribution is -2.41. The first kappa shape index (κ1) is 15.0. The van der Waals surface area contributed by atoms with Gasteiger partial charge in [0.05, 0.1) is 18.6 Å². The van der Waals surface area contributed by atoms with Crippen LogP contribution in [0, 0.1) is 5.92 Å². The molecule has 0 saturated carbocycles. The van der Waals surface area contributed by atoms with E-state index in [1.165, 1.54) is 7.11 Å². The molecule has 1 aromatic carbocycles. The van der Waals surface area contributed by atoms with Gasteiger partial charge in [0.15, 0.2) is 0 Å². The maximum Gasteiger partial charge on any atom is 0.311 e. The standard InChI is InChI=1S/C14H19ClO3/c1-4-12(13(16)18-3)14(2,17)9-10-5-7-11(15)8-6-10/h5-8,12,17H,4,9H2,1-3H3. The SMILES string of the molecule is CCC(C(=O)OC)C(C)(O)Cc1ccc(Cl)cc1. The Labute approximate surface area is 113 Å². The van der Waals surface area contributed by atoms with Gasteiger partial charge >= 0.3 is 5.97 Å². The summed E-state index contributed by atoms with van der Waals surface area (Å²) in [5, 5.41) is 11.1. The molecule has 0 aliphatic rings. The van der Waals surface area contributed by atoms with E-state index >= 15 is 0 Å². The number of benzene rings is 1. The zero-order chi connectivity index (χ0) is 13.8. The van der Waals surface area contributed by atoms with Crippen molar-refractivity contribution >= 4 is 17.6 Å². The normalized spacial score (nSPS) is 15.8. The van der Waals surface area contributed by atoms with Gasteiger partial charge in [-0.25, -0.2) is 0 Å². The second-order valence-electron chi connectivity index (χ2n) is 4.64. The highest BCUT2D eigenvalue weighted by Gasteiger charge is 2.36. The molecule has 0 aliphatic carbocycles. The summed E-state index contributed by atoms with van der Waals surface area (Å²) in [6.07, 6.45) is 0.922. The van der Waals surface area contributed by atoms with E-state index in [4.69, 9.17) is 16.3 Å². The molecule has 0 heterocycles. The largest absolute Gasteiger partial charge is 0.469 e. The smallest absolute Gasteiger partial charge is 0.311 e. The molecule has 0 radical (unpaired) electrons. The van der Waals surface area contributed by atoms with Crippen molar-refractivity contribution in [2.45, 2.75) is 32.3 Å². The van der Waals surface area contributed by atoms with Crippen LogP contribution in [0.15, 0.2) is 24.3 Å². The van der Waals surface area contributed by atoms with Crippen LogP contribution in [-0.2, 0) is 16.0 Å². The number of rotatable bonds is 5. The van der Waals surface area contributed by atoms with Crippen LogP contribution >= 0.6 is 11.6 Å². The Balaban J connectivity index is 2.85. The van der Waals surface area contributed by atoms with Crippen LogP contribution in [0.1, 0.15) is 25.8 Å². The van der Waals surface area contributed by atoms with E-state index in [1.807, 2.05) is 19.1 Å². The average molecular weight is 271 g/mol. The fourth-order valence-corrected chi connectivity index (χ4v) is 2.27. The monoisotopic (exact) mass is 270 g/mol. The molecule has 1 rings (SSSR count). The highest BCUT2D eigenvalue weighted by Crippen LogP contribution is 2.26. The second-order valence-corrected chi connectivity index (χ2v) is 5.08. The Morgan fingerprint density at radius 1 is 1.44 bits per heavy atom. The van der Waals surface area contributed by atoms with Crippen LogP contribution in [0.5, 0.6) is 0 Å². The van der Waals surface area contributed by atoms with Gasteiger partial charge in [-0.05, 0) is 31.0 Å². The number of hydrogen-bond donors (Lipinski definition) is 1. The number of hydrogen-bond acceptors (Lipinski definition) is 3. The molecule has 0 spiro atoms. The van der Waals surface area contributed by atoms with Crippen molar-refractivity contribution in [1.82, 2.24) is 0 Å². The molecule has 0 bridgehead atoms. The second kappa shape index (κ2) is 6.21. The molecule has 4 heteroatoms. The van der Waals surface area contributed by atoms with Gasteiger partial charge in [0.1, 0.15) is 0 Å². The number of methoxy groups -OCH3 is 1. The van der Waals surface area contributed by atoms with Crippen LogP contribution in [0.4, 0.5) is 0 Å². The van der Waals surface area contributed by atoms with Gasteiger partial charge in [0.2, 0.25) is 0 Å². The van der Waals surface area contributed by atoms with Gasteiger partial charge in [0.25, 0.3) is 0 Å². The molecular formula is C14H19ClO3. The third-order valence-electron chi connectivity index (χ3n) is 3.12. The van der Waals surface area contributed by atoms with E-state index in [1.54, 1.807) is 19.1 Å².